The number of aromatic nitrogens is 10. The molecule has 0 saturated carbocycles. The number of nitrogens with one attached hydrogen (secondary N) is 1. The number of piperidine rings is 1. The maximum absolute atomic E-state index is 12.4. The van der Waals surface area contributed by atoms with E-state index >= 15 is 0 Å². The Kier molecular flexibility index (Phi) is 23.9. The van der Waals surface area contributed by atoms with E-state index in [2.05, 4.69) is 119 Å². The number of nitrogens with zero attached hydrogens (tertiary/aromatic N) is 12. The Balaban J connectivity index is 0.000000240. The number of ether oxygens (including phenoxy) is 2. The van der Waals surface area contributed by atoms with Crippen molar-refractivity contribution < 1.29 is 108 Å². The third kappa shape index (κ3) is 20.4. The molecule has 0 unspecified atom stereocenters. The number of anilines is 1. The Morgan fingerprint density at radius 2 is 1.07 bits per heavy atom. The monoisotopic (exact) mass is 1400 g/mol. The van der Waals surface area contributed by atoms with E-state index in [0.717, 1.165) is 47.7 Å². The summed E-state index contributed by atoms with van der Waals surface area (Å²) in [5.41, 5.74) is 4.25. The summed E-state index contributed by atoms with van der Waals surface area (Å²) in [5.74, 6) is -0.255. The zero-order valence-corrected chi connectivity index (χ0v) is 48.6. The summed E-state index contributed by atoms with van der Waals surface area (Å²) in [6, 6.07) is 26.6. The van der Waals surface area contributed by atoms with Crippen molar-refractivity contribution in [2.75, 3.05) is 51.2 Å². The summed E-state index contributed by atoms with van der Waals surface area (Å²) < 4.78 is 129. The Labute approximate surface area is 497 Å². The molecule has 0 aliphatic carbocycles. The van der Waals surface area contributed by atoms with Crippen molar-refractivity contribution in [2.45, 2.75) is 65.6 Å². The van der Waals surface area contributed by atoms with Crippen LogP contribution in [0, 0.1) is 19.8 Å². The van der Waals surface area contributed by atoms with Crippen LogP contribution in [0.5, 0.6) is 11.5 Å². The van der Waals surface area contributed by atoms with Gasteiger partial charge in [0, 0.05) is 100 Å². The second kappa shape index (κ2) is 29.6. The second-order valence-electron chi connectivity index (χ2n) is 18.1. The van der Waals surface area contributed by atoms with Crippen LogP contribution in [0.2, 0.25) is 0 Å². The van der Waals surface area contributed by atoms with Crippen molar-refractivity contribution in [1.29, 1.82) is 0 Å². The molecular weight excluding hydrogens is 1350 g/mol. The minimum atomic E-state index is -5.08. The molecule has 19 nitrogen and oxygen atoms in total. The Hall–Kier alpha value is -6.63. The van der Waals surface area contributed by atoms with Gasteiger partial charge in [-0.05, 0) is 124 Å². The number of rotatable bonds is 11. The van der Waals surface area contributed by atoms with Gasteiger partial charge in [-0.1, -0.05) is 47.1 Å². The topological polar surface area (TPSA) is 214 Å². The van der Waals surface area contributed by atoms with Crippen LogP contribution in [-0.4, -0.2) is 131 Å². The minimum Gasteiger partial charge on any atom is -0.475 e. The molecule has 0 amide bonds. The fourth-order valence-electron chi connectivity index (χ4n) is 7.66. The van der Waals surface area contributed by atoms with Gasteiger partial charge < -0.3 is 38.5 Å². The molecule has 444 valence electrons. The van der Waals surface area contributed by atoms with Crippen molar-refractivity contribution in [2.24, 2.45) is 5.92 Å². The van der Waals surface area contributed by atoms with Crippen molar-refractivity contribution in [1.82, 2.24) is 60.1 Å². The van der Waals surface area contributed by atoms with Gasteiger partial charge in [0.2, 0.25) is 23.4 Å². The summed E-state index contributed by atoms with van der Waals surface area (Å²) in [7, 11) is 2.15. The molecule has 4 aromatic carbocycles. The first-order valence-corrected chi connectivity index (χ1v) is 25.1. The molecule has 10 rings (SSSR count). The number of benzene rings is 4. The quantitative estimate of drug-likeness (QED) is 0.0910. The van der Waals surface area contributed by atoms with Crippen LogP contribution in [0.1, 0.15) is 42.5 Å². The molecule has 2 aliphatic heterocycles. The first-order valence-electron chi connectivity index (χ1n) is 24.3. The van der Waals surface area contributed by atoms with Crippen molar-refractivity contribution >= 4 is 27.6 Å². The number of likely N-dealkylation sites (N-methyl/N-ethyl adjacent to an activating group) is 1. The van der Waals surface area contributed by atoms with Crippen molar-refractivity contribution in [3.05, 3.63) is 124 Å². The smallest absolute Gasteiger partial charge is 0.475 e. The van der Waals surface area contributed by atoms with E-state index in [1.54, 1.807) is 9.36 Å². The summed E-state index contributed by atoms with van der Waals surface area (Å²) in [6.07, 6.45) is -12.2. The number of carboxylic acid groups (broad SMARTS) is 1. The summed E-state index contributed by atoms with van der Waals surface area (Å²) in [4.78, 5) is 22.5. The van der Waals surface area contributed by atoms with Crippen LogP contribution in [0.4, 0.5) is 45.2 Å². The van der Waals surface area contributed by atoms with Gasteiger partial charge in [-0.2, -0.15) is 13.2 Å². The fourth-order valence-corrected chi connectivity index (χ4v) is 8.10. The number of halogens is 10. The maximum Gasteiger partial charge on any atom is 0.573 e. The molecule has 0 radical (unpaired) electrons. The predicted octanol–water partition coefficient (Wildman–Crippen LogP) is 10.6. The normalized spacial score (nSPS) is 13.9. The van der Waals surface area contributed by atoms with Gasteiger partial charge in [0.15, 0.2) is 0 Å². The van der Waals surface area contributed by atoms with E-state index in [9.17, 15) is 39.5 Å². The van der Waals surface area contributed by atoms with E-state index in [1.165, 1.54) is 80.1 Å². The fraction of sp³-hybridized carbons (Fsp3) is 0.353. The Morgan fingerprint density at radius 1 is 0.659 bits per heavy atom. The molecule has 2 fully saturated rings. The molecule has 0 spiro atoms. The number of aryl methyl sites for hydroxylation is 2. The van der Waals surface area contributed by atoms with Crippen LogP contribution in [-0.2, 0) is 57.8 Å². The number of carbonyl (C=O) groups is 1. The van der Waals surface area contributed by atoms with Crippen LogP contribution >= 0.6 is 15.9 Å². The van der Waals surface area contributed by atoms with Gasteiger partial charge in [-0.15, -0.1) is 56.9 Å². The van der Waals surface area contributed by atoms with Gasteiger partial charge in [0.05, 0.1) is 13.1 Å². The zero-order valence-electron chi connectivity index (χ0n) is 43.7. The minimum absolute atomic E-state index is 0. The van der Waals surface area contributed by atoms with Gasteiger partial charge >= 0.3 is 24.9 Å². The molecule has 0 atom stereocenters. The molecule has 6 heterocycles. The third-order valence-electron chi connectivity index (χ3n) is 11.8. The SMILES string of the molecule is CN1CCNCC1.Cc1nc(-c2nnc(-c3ccc(OC(F)(F)F)cc3)o2)nn1Cc1cccc(Br)c1.Cc1nc(-c2nnc(-c3ccc(OC(F)(F)F)cc3)o2)nn1Cc1cccc(N2CCC(C)CC2)c1.O=C(O)C(F)(F)F.[Pd].[Ru]. The molecule has 31 heteroatoms. The molecule has 8 aromatic rings. The molecule has 2 N–H and O–H groups in total. The number of alkyl halides is 9. The van der Waals surface area contributed by atoms with Gasteiger partial charge in [-0.3, -0.25) is 0 Å². The molecule has 2 aliphatic rings. The number of aliphatic carboxylic acids is 1. The van der Waals surface area contributed by atoms with Crippen LogP contribution in [0.3, 0.4) is 0 Å². The first-order chi connectivity index (χ1) is 37.8. The molecule has 2 saturated heterocycles. The van der Waals surface area contributed by atoms with E-state index in [-0.39, 0.29) is 86.6 Å². The van der Waals surface area contributed by atoms with Crippen molar-refractivity contribution in [3.63, 3.8) is 0 Å². The second-order valence-corrected chi connectivity index (χ2v) is 19.0. The van der Waals surface area contributed by atoms with E-state index in [0.29, 0.717) is 35.9 Å². The molecular formula is C51H51BrF9N13O6PdRu. The Bertz CT molecular complexity index is 3280. The van der Waals surface area contributed by atoms with Gasteiger partial charge in [0.25, 0.3) is 11.8 Å². The number of hydrogen-bond donors (Lipinski definition) is 2. The molecule has 0 bridgehead atoms. The predicted molar refractivity (Wildman–Crippen MR) is 274 cm³/mol. The van der Waals surface area contributed by atoms with E-state index in [1.807, 2.05) is 38.1 Å². The largest absolute Gasteiger partial charge is 0.573 e. The Morgan fingerprint density at radius 3 is 1.46 bits per heavy atom. The van der Waals surface area contributed by atoms with Gasteiger partial charge in [-0.25, -0.2) is 24.1 Å². The number of hydrogen-bond acceptors (Lipinski definition) is 16. The third-order valence-corrected chi connectivity index (χ3v) is 12.3. The van der Waals surface area contributed by atoms with Crippen molar-refractivity contribution in [3.8, 4) is 57.8 Å². The number of carboxylic acids is 1. The van der Waals surface area contributed by atoms with Gasteiger partial charge in [0.1, 0.15) is 23.1 Å². The maximum atomic E-state index is 12.4. The summed E-state index contributed by atoms with van der Waals surface area (Å²) in [6.45, 7) is 13.9. The van der Waals surface area contributed by atoms with E-state index in [4.69, 9.17) is 18.7 Å². The molecule has 4 aromatic heterocycles. The van der Waals surface area contributed by atoms with Crippen LogP contribution in [0.25, 0.3) is 46.3 Å². The summed E-state index contributed by atoms with van der Waals surface area (Å²) in [5, 5.41) is 35.2. The standard InChI is InChI=1S/C25H25F3N6O2.C19H13BrF3N5O2.C5H12N2.C2HF3O2.Pd.Ru/c1-16-10-12-33(13-11-16)20-5-3-4-18(14-20)15-34-17(2)29-22(32-34)24-31-30-23(35-24)19-6-8-21(9-7-19)36-25(26,27)28;1-11-24-16(27-28(11)10-12-3-2-4-14(20)9-12)18-26-25-17(29-18)13-5-7-15(8-6-13)30-19(21,22)23;1-7-4-2-6-3-5-7;3-2(4,5)1(6)7;;/h3-9,14,16H,10-13,15H2,1-2H3;2-9H,10H2,1H3;6H,2-5H2,1H3;(H,6,7);;. The van der Waals surface area contributed by atoms with Crippen LogP contribution < -0.4 is 19.7 Å². The van der Waals surface area contributed by atoms with Crippen LogP contribution in [0.15, 0.2) is 110 Å². The first kappa shape index (κ1) is 66.2. The zero-order chi connectivity index (χ0) is 57.8. The number of piperazine rings is 1. The average molecular weight is 1400 g/mol. The average Bonchev–Trinajstić information content (AvgIpc) is 4.39. The summed E-state index contributed by atoms with van der Waals surface area (Å²) >= 11 is 3.44. The molecule has 82 heavy (non-hydrogen) atoms. The van der Waals surface area contributed by atoms with E-state index < -0.39 is 24.9 Å².